The van der Waals surface area contributed by atoms with Gasteiger partial charge in [-0.1, -0.05) is 29.8 Å². The molecule has 0 aliphatic carbocycles. The van der Waals surface area contributed by atoms with Gasteiger partial charge >= 0.3 is 5.97 Å². The van der Waals surface area contributed by atoms with Crippen LogP contribution in [-0.2, 0) is 19.6 Å². The molecule has 0 atom stereocenters. The molecule has 0 aromatic heterocycles. The standard InChI is InChI=1S/C22H20ClNO6S/c1-2-28-22(25)15-29-17-9-11-19(12-10-17)31(26,27)24-20-14-16(23)8-13-21(20)30-18-6-4-3-5-7-18/h3-14,24H,2,15H2,1H3. The smallest absolute Gasteiger partial charge is 0.344 e. The molecule has 7 nitrogen and oxygen atoms in total. The molecule has 1 N–H and O–H groups in total. The van der Waals surface area contributed by atoms with Gasteiger partial charge in [0.1, 0.15) is 11.5 Å². The van der Waals surface area contributed by atoms with E-state index in [1.54, 1.807) is 43.3 Å². The fourth-order valence-electron chi connectivity index (χ4n) is 2.55. The van der Waals surface area contributed by atoms with Gasteiger partial charge in [-0.2, -0.15) is 0 Å². The number of hydrogen-bond acceptors (Lipinski definition) is 6. The highest BCUT2D eigenvalue weighted by Gasteiger charge is 2.18. The van der Waals surface area contributed by atoms with Crippen LogP contribution in [0.15, 0.2) is 77.7 Å². The van der Waals surface area contributed by atoms with E-state index < -0.39 is 16.0 Å². The zero-order chi connectivity index (χ0) is 22.3. The largest absolute Gasteiger partial charge is 0.482 e. The number of anilines is 1. The summed E-state index contributed by atoms with van der Waals surface area (Å²) < 4.78 is 44.1. The lowest BCUT2D eigenvalue weighted by Gasteiger charge is -2.14. The Labute approximate surface area is 185 Å². The van der Waals surface area contributed by atoms with Crippen LogP contribution >= 0.6 is 11.6 Å². The van der Waals surface area contributed by atoms with Crippen molar-refractivity contribution in [1.29, 1.82) is 0 Å². The second kappa shape index (κ2) is 10.2. The lowest BCUT2D eigenvalue weighted by atomic mass is 10.3. The van der Waals surface area contributed by atoms with Crippen molar-refractivity contribution in [2.45, 2.75) is 11.8 Å². The summed E-state index contributed by atoms with van der Waals surface area (Å²) in [6, 6.07) is 19.3. The Kier molecular flexibility index (Phi) is 7.38. The normalized spacial score (nSPS) is 10.9. The van der Waals surface area contributed by atoms with E-state index in [-0.39, 0.29) is 23.8 Å². The van der Waals surface area contributed by atoms with Crippen molar-refractivity contribution in [3.63, 3.8) is 0 Å². The molecule has 0 saturated carbocycles. The molecule has 0 unspecified atom stereocenters. The highest BCUT2D eigenvalue weighted by molar-refractivity contribution is 7.92. The first-order chi connectivity index (χ1) is 14.9. The molecule has 3 aromatic carbocycles. The lowest BCUT2D eigenvalue weighted by molar-refractivity contribution is -0.145. The van der Waals surface area contributed by atoms with E-state index in [9.17, 15) is 13.2 Å². The number of carbonyl (C=O) groups excluding carboxylic acids is 1. The number of hydrogen-bond donors (Lipinski definition) is 1. The van der Waals surface area contributed by atoms with Gasteiger partial charge in [0.05, 0.1) is 17.2 Å². The van der Waals surface area contributed by atoms with Gasteiger partial charge in [0, 0.05) is 5.02 Å². The van der Waals surface area contributed by atoms with Gasteiger partial charge in [0.25, 0.3) is 10.0 Å². The predicted molar refractivity (Wildman–Crippen MR) is 117 cm³/mol. The molecule has 0 saturated heterocycles. The molecule has 3 rings (SSSR count). The van der Waals surface area contributed by atoms with Gasteiger partial charge in [-0.15, -0.1) is 0 Å². The van der Waals surface area contributed by atoms with Crippen molar-refractivity contribution in [3.8, 4) is 17.2 Å². The number of para-hydroxylation sites is 1. The van der Waals surface area contributed by atoms with Crippen LogP contribution in [0.3, 0.4) is 0 Å². The maximum atomic E-state index is 12.9. The van der Waals surface area contributed by atoms with Crippen LogP contribution in [-0.4, -0.2) is 27.6 Å². The van der Waals surface area contributed by atoms with Crippen molar-refractivity contribution in [3.05, 3.63) is 77.8 Å². The van der Waals surface area contributed by atoms with E-state index in [0.29, 0.717) is 22.3 Å². The van der Waals surface area contributed by atoms with Crippen molar-refractivity contribution in [2.75, 3.05) is 17.9 Å². The molecular weight excluding hydrogens is 442 g/mol. The van der Waals surface area contributed by atoms with E-state index in [2.05, 4.69) is 4.72 Å². The first-order valence-electron chi connectivity index (χ1n) is 9.31. The first-order valence-corrected chi connectivity index (χ1v) is 11.2. The van der Waals surface area contributed by atoms with Crippen molar-refractivity contribution in [2.24, 2.45) is 0 Å². The molecule has 0 amide bonds. The fraction of sp³-hybridized carbons (Fsp3) is 0.136. The molecule has 0 aliphatic rings. The van der Waals surface area contributed by atoms with E-state index in [1.165, 1.54) is 30.3 Å². The first kappa shape index (κ1) is 22.5. The second-order valence-electron chi connectivity index (χ2n) is 6.23. The summed E-state index contributed by atoms with van der Waals surface area (Å²) in [5.74, 6) is 0.678. The van der Waals surface area contributed by atoms with E-state index in [0.717, 1.165) is 0 Å². The Balaban J connectivity index is 1.76. The Morgan fingerprint density at radius 3 is 2.35 bits per heavy atom. The minimum absolute atomic E-state index is 0.00150. The van der Waals surface area contributed by atoms with E-state index >= 15 is 0 Å². The van der Waals surface area contributed by atoms with Crippen molar-refractivity contribution >= 4 is 33.3 Å². The molecule has 0 aliphatic heterocycles. The van der Waals surface area contributed by atoms with Gasteiger partial charge in [-0.25, -0.2) is 13.2 Å². The number of nitrogens with one attached hydrogen (secondary N) is 1. The van der Waals surface area contributed by atoms with Crippen LogP contribution in [0.5, 0.6) is 17.2 Å². The van der Waals surface area contributed by atoms with Gasteiger partial charge in [-0.3, -0.25) is 4.72 Å². The molecule has 0 spiro atoms. The van der Waals surface area contributed by atoms with Crippen LogP contribution in [0.2, 0.25) is 5.02 Å². The van der Waals surface area contributed by atoms with Gasteiger partial charge in [0.2, 0.25) is 0 Å². The summed E-state index contributed by atoms with van der Waals surface area (Å²) in [6.07, 6.45) is 0. The van der Waals surface area contributed by atoms with Crippen molar-refractivity contribution < 1.29 is 27.4 Å². The molecule has 9 heteroatoms. The Morgan fingerprint density at radius 1 is 0.968 bits per heavy atom. The molecule has 3 aromatic rings. The molecular formula is C22H20ClNO6S. The molecule has 0 bridgehead atoms. The topological polar surface area (TPSA) is 90.9 Å². The maximum absolute atomic E-state index is 12.9. The third-order valence-corrected chi connectivity index (χ3v) is 5.57. The Morgan fingerprint density at radius 2 is 1.68 bits per heavy atom. The predicted octanol–water partition coefficient (Wildman–Crippen LogP) is 4.88. The number of halogens is 1. The van der Waals surface area contributed by atoms with Crippen LogP contribution in [0.1, 0.15) is 6.92 Å². The summed E-state index contributed by atoms with van der Waals surface area (Å²) in [5, 5.41) is 0.348. The molecule has 31 heavy (non-hydrogen) atoms. The fourth-order valence-corrected chi connectivity index (χ4v) is 3.78. The maximum Gasteiger partial charge on any atom is 0.344 e. The number of benzene rings is 3. The van der Waals surface area contributed by atoms with E-state index in [1.807, 2.05) is 6.07 Å². The Hall–Kier alpha value is -3.23. The highest BCUT2D eigenvalue weighted by atomic mass is 35.5. The molecule has 0 heterocycles. The summed E-state index contributed by atoms with van der Waals surface area (Å²) in [7, 11) is -3.94. The summed E-state index contributed by atoms with van der Waals surface area (Å²) in [6.45, 7) is 1.69. The minimum Gasteiger partial charge on any atom is -0.482 e. The zero-order valence-electron chi connectivity index (χ0n) is 16.6. The molecule has 0 radical (unpaired) electrons. The Bertz CT molecular complexity index is 1130. The summed E-state index contributed by atoms with van der Waals surface area (Å²) in [4.78, 5) is 11.4. The minimum atomic E-state index is -3.94. The van der Waals surface area contributed by atoms with Crippen LogP contribution in [0, 0.1) is 0 Å². The monoisotopic (exact) mass is 461 g/mol. The van der Waals surface area contributed by atoms with Gasteiger partial charge < -0.3 is 14.2 Å². The van der Waals surface area contributed by atoms with E-state index in [4.69, 9.17) is 25.8 Å². The quantitative estimate of drug-likeness (QED) is 0.457. The zero-order valence-corrected chi connectivity index (χ0v) is 18.2. The third-order valence-electron chi connectivity index (χ3n) is 3.95. The van der Waals surface area contributed by atoms with Crippen LogP contribution < -0.4 is 14.2 Å². The number of ether oxygens (including phenoxy) is 3. The highest BCUT2D eigenvalue weighted by Crippen LogP contribution is 2.33. The van der Waals surface area contributed by atoms with Crippen molar-refractivity contribution in [1.82, 2.24) is 0 Å². The van der Waals surface area contributed by atoms with Gasteiger partial charge in [-0.05, 0) is 61.5 Å². The number of sulfonamides is 1. The molecule has 0 fully saturated rings. The van der Waals surface area contributed by atoms with Gasteiger partial charge in [0.15, 0.2) is 12.4 Å². The average Bonchev–Trinajstić information content (AvgIpc) is 2.75. The number of carbonyl (C=O) groups is 1. The summed E-state index contributed by atoms with van der Waals surface area (Å²) >= 11 is 6.05. The average molecular weight is 462 g/mol. The third kappa shape index (κ3) is 6.37. The molecule has 162 valence electrons. The number of esters is 1. The van der Waals surface area contributed by atoms with Crippen LogP contribution in [0.4, 0.5) is 5.69 Å². The number of rotatable bonds is 9. The van der Waals surface area contributed by atoms with Crippen LogP contribution in [0.25, 0.3) is 0 Å². The second-order valence-corrected chi connectivity index (χ2v) is 8.35. The lowest BCUT2D eigenvalue weighted by Crippen LogP contribution is -2.15. The summed E-state index contributed by atoms with van der Waals surface area (Å²) in [5.41, 5.74) is 0.194. The SMILES string of the molecule is CCOC(=O)COc1ccc(S(=O)(=O)Nc2cc(Cl)ccc2Oc2ccccc2)cc1.